The van der Waals surface area contributed by atoms with Crippen LogP contribution in [0.25, 0.3) is 0 Å². The fraction of sp³-hybridized carbons (Fsp3) is 0.500. The van der Waals surface area contributed by atoms with Crippen molar-refractivity contribution in [2.45, 2.75) is 32.7 Å². The van der Waals surface area contributed by atoms with Gasteiger partial charge in [-0.3, -0.25) is 4.79 Å². The fourth-order valence-electron chi connectivity index (χ4n) is 1.67. The lowest BCUT2D eigenvalue weighted by Crippen LogP contribution is -2.28. The molecule has 1 amide bonds. The second-order valence-corrected chi connectivity index (χ2v) is 4.80. The minimum Gasteiger partial charge on any atom is -0.483 e. The number of ether oxygens (including phenoxy) is 1. The van der Waals surface area contributed by atoms with Crippen molar-refractivity contribution < 1.29 is 9.53 Å². The monoisotopic (exact) mass is 284 g/mol. The molecule has 0 spiro atoms. The molecule has 0 saturated heterocycles. The molecule has 0 aliphatic carbocycles. The van der Waals surface area contributed by atoms with Gasteiger partial charge in [0.2, 0.25) is 0 Å². The van der Waals surface area contributed by atoms with Crippen LogP contribution in [0.5, 0.6) is 5.75 Å². The Morgan fingerprint density at radius 3 is 2.84 bits per heavy atom. The van der Waals surface area contributed by atoms with Gasteiger partial charge in [0.05, 0.1) is 0 Å². The molecule has 5 heteroatoms. The lowest BCUT2D eigenvalue weighted by molar-refractivity contribution is -0.122. The Morgan fingerprint density at radius 1 is 1.47 bits per heavy atom. The highest BCUT2D eigenvalue weighted by Crippen LogP contribution is 2.24. The molecule has 4 nitrogen and oxygen atoms in total. The summed E-state index contributed by atoms with van der Waals surface area (Å²) in [6.45, 7) is 4.50. The Kier molecular flexibility index (Phi) is 6.67. The van der Waals surface area contributed by atoms with Crippen LogP contribution in [0.2, 0.25) is 5.02 Å². The lowest BCUT2D eigenvalue weighted by Gasteiger charge is -2.14. The van der Waals surface area contributed by atoms with Gasteiger partial charge in [0, 0.05) is 17.6 Å². The number of rotatable bonds is 7. The number of nitrogens with one attached hydrogen (secondary N) is 1. The Morgan fingerprint density at radius 2 is 2.21 bits per heavy atom. The quantitative estimate of drug-likeness (QED) is 0.806. The predicted octanol–water partition coefficient (Wildman–Crippen LogP) is 2.13. The number of hydrogen-bond donors (Lipinski definition) is 2. The second kappa shape index (κ2) is 8.02. The molecule has 106 valence electrons. The van der Waals surface area contributed by atoms with Gasteiger partial charge in [-0.05, 0) is 43.5 Å². The molecule has 1 atom stereocenters. The van der Waals surface area contributed by atoms with E-state index in [-0.39, 0.29) is 18.6 Å². The van der Waals surface area contributed by atoms with Gasteiger partial charge in [-0.15, -0.1) is 0 Å². The highest BCUT2D eigenvalue weighted by Gasteiger charge is 2.10. The minimum atomic E-state index is -0.136. The number of halogens is 1. The van der Waals surface area contributed by atoms with Crippen LogP contribution in [-0.4, -0.2) is 25.1 Å². The average Bonchev–Trinajstić information content (AvgIpc) is 2.38. The Bertz CT molecular complexity index is 424. The molecule has 0 saturated carbocycles. The first kappa shape index (κ1) is 15.8. The first-order valence-corrected chi connectivity index (χ1v) is 6.88. The predicted molar refractivity (Wildman–Crippen MR) is 77.6 cm³/mol. The van der Waals surface area contributed by atoms with Crippen LogP contribution in [0.3, 0.4) is 0 Å². The van der Waals surface area contributed by atoms with Gasteiger partial charge >= 0.3 is 0 Å². The zero-order chi connectivity index (χ0) is 14.3. The van der Waals surface area contributed by atoms with Gasteiger partial charge in [0.25, 0.3) is 5.91 Å². The van der Waals surface area contributed by atoms with Crippen molar-refractivity contribution in [2.24, 2.45) is 5.73 Å². The molecule has 0 fully saturated rings. The van der Waals surface area contributed by atoms with Gasteiger partial charge in [0.1, 0.15) is 5.75 Å². The maximum atomic E-state index is 11.4. The summed E-state index contributed by atoms with van der Waals surface area (Å²) in [5.74, 6) is 0.530. The zero-order valence-electron chi connectivity index (χ0n) is 11.4. The summed E-state index contributed by atoms with van der Waals surface area (Å²) in [7, 11) is 0. The summed E-state index contributed by atoms with van der Waals surface area (Å²) in [6, 6.07) is 5.42. The van der Waals surface area contributed by atoms with E-state index in [0.29, 0.717) is 23.7 Å². The maximum absolute atomic E-state index is 11.4. The average molecular weight is 285 g/mol. The third-order valence-corrected chi connectivity index (χ3v) is 3.00. The van der Waals surface area contributed by atoms with E-state index in [2.05, 4.69) is 5.32 Å². The molecule has 1 rings (SSSR count). The molecule has 0 heterocycles. The Balaban J connectivity index is 2.73. The molecule has 0 aliphatic heterocycles. The number of nitrogens with two attached hydrogens (primary N) is 1. The van der Waals surface area contributed by atoms with Crippen LogP contribution in [0.15, 0.2) is 18.2 Å². The first-order chi connectivity index (χ1) is 9.06. The van der Waals surface area contributed by atoms with Crippen LogP contribution in [0.1, 0.15) is 25.8 Å². The summed E-state index contributed by atoms with van der Waals surface area (Å²) in [5, 5.41) is 3.33. The number of hydrogen-bond acceptors (Lipinski definition) is 3. The largest absolute Gasteiger partial charge is 0.483 e. The van der Waals surface area contributed by atoms with Crippen molar-refractivity contribution in [3.63, 3.8) is 0 Å². The molecule has 1 aromatic rings. The highest BCUT2D eigenvalue weighted by molar-refractivity contribution is 6.30. The Labute approximate surface area is 119 Å². The van der Waals surface area contributed by atoms with E-state index in [9.17, 15) is 4.79 Å². The van der Waals surface area contributed by atoms with Crippen molar-refractivity contribution in [1.29, 1.82) is 0 Å². The molecule has 1 unspecified atom stereocenters. The molecule has 0 aliphatic rings. The van der Waals surface area contributed by atoms with Crippen LogP contribution >= 0.6 is 11.6 Å². The summed E-state index contributed by atoms with van der Waals surface area (Å²) in [6.07, 6.45) is 1.56. The smallest absolute Gasteiger partial charge is 0.257 e. The summed E-state index contributed by atoms with van der Waals surface area (Å²) in [4.78, 5) is 11.4. The van der Waals surface area contributed by atoms with Crippen LogP contribution in [-0.2, 0) is 11.2 Å². The number of benzene rings is 1. The third-order valence-electron chi connectivity index (χ3n) is 2.76. The van der Waals surface area contributed by atoms with Gasteiger partial charge in [-0.25, -0.2) is 0 Å². The van der Waals surface area contributed by atoms with E-state index in [1.165, 1.54) is 0 Å². The van der Waals surface area contributed by atoms with E-state index in [1.54, 1.807) is 12.1 Å². The van der Waals surface area contributed by atoms with Crippen molar-refractivity contribution in [1.82, 2.24) is 5.32 Å². The number of carbonyl (C=O) groups excluding carboxylic acids is 1. The van der Waals surface area contributed by atoms with Gasteiger partial charge in [-0.1, -0.05) is 18.5 Å². The van der Waals surface area contributed by atoms with Crippen LogP contribution < -0.4 is 15.8 Å². The van der Waals surface area contributed by atoms with Crippen molar-refractivity contribution in [2.75, 3.05) is 13.2 Å². The SMILES string of the molecule is CCNC(=O)COc1ccc(Cl)cc1CC(N)CC. The molecule has 0 aromatic heterocycles. The summed E-state index contributed by atoms with van der Waals surface area (Å²) >= 11 is 5.98. The van der Waals surface area contributed by atoms with E-state index in [1.807, 2.05) is 19.9 Å². The van der Waals surface area contributed by atoms with Gasteiger partial charge < -0.3 is 15.8 Å². The van der Waals surface area contributed by atoms with E-state index >= 15 is 0 Å². The van der Waals surface area contributed by atoms with E-state index in [4.69, 9.17) is 22.1 Å². The Hall–Kier alpha value is -1.26. The number of amides is 1. The molecule has 3 N–H and O–H groups in total. The highest BCUT2D eigenvalue weighted by atomic mass is 35.5. The molecule has 19 heavy (non-hydrogen) atoms. The lowest BCUT2D eigenvalue weighted by atomic mass is 10.0. The molecule has 1 aromatic carbocycles. The second-order valence-electron chi connectivity index (χ2n) is 4.37. The third kappa shape index (κ3) is 5.49. The van der Waals surface area contributed by atoms with Crippen molar-refractivity contribution in [3.05, 3.63) is 28.8 Å². The zero-order valence-corrected chi connectivity index (χ0v) is 12.2. The van der Waals surface area contributed by atoms with Crippen molar-refractivity contribution in [3.8, 4) is 5.75 Å². The topological polar surface area (TPSA) is 64.3 Å². The molecular weight excluding hydrogens is 264 g/mol. The standard InChI is InChI=1S/C14H21ClN2O2/c1-3-12(16)8-10-7-11(15)5-6-13(10)19-9-14(18)17-4-2/h5-7,12H,3-4,8-9,16H2,1-2H3,(H,17,18). The fourth-order valence-corrected chi connectivity index (χ4v) is 1.86. The van der Waals surface area contributed by atoms with Gasteiger partial charge in [-0.2, -0.15) is 0 Å². The number of likely N-dealkylation sites (N-methyl/N-ethyl adjacent to an activating group) is 1. The van der Waals surface area contributed by atoms with E-state index in [0.717, 1.165) is 12.0 Å². The normalized spacial score (nSPS) is 12.0. The maximum Gasteiger partial charge on any atom is 0.257 e. The van der Waals surface area contributed by atoms with Crippen LogP contribution in [0.4, 0.5) is 0 Å². The summed E-state index contributed by atoms with van der Waals surface area (Å²) in [5.41, 5.74) is 6.89. The van der Waals surface area contributed by atoms with E-state index < -0.39 is 0 Å². The van der Waals surface area contributed by atoms with Gasteiger partial charge in [0.15, 0.2) is 6.61 Å². The molecule has 0 bridgehead atoms. The minimum absolute atomic E-state index is 0.00381. The van der Waals surface area contributed by atoms with Crippen molar-refractivity contribution >= 4 is 17.5 Å². The summed E-state index contributed by atoms with van der Waals surface area (Å²) < 4.78 is 5.53. The first-order valence-electron chi connectivity index (χ1n) is 6.50. The molecule has 0 radical (unpaired) electrons. The molecular formula is C14H21ClN2O2. The number of carbonyl (C=O) groups is 1. The van der Waals surface area contributed by atoms with Crippen LogP contribution in [0, 0.1) is 0 Å².